The summed E-state index contributed by atoms with van der Waals surface area (Å²) >= 11 is 14.0. The van der Waals surface area contributed by atoms with E-state index in [4.69, 9.17) is 33.0 Å². The van der Waals surface area contributed by atoms with Gasteiger partial charge in [-0.15, -0.1) is 10.2 Å². The summed E-state index contributed by atoms with van der Waals surface area (Å²) in [4.78, 5) is 0. The molecule has 0 spiro atoms. The van der Waals surface area contributed by atoms with Crippen LogP contribution in [0.15, 0.2) is 30.3 Å². The molecule has 0 amide bonds. The Bertz CT molecular complexity index is 998. The maximum absolute atomic E-state index is 14.4. The minimum Gasteiger partial charge on any atom is -0.490 e. The van der Waals surface area contributed by atoms with Crippen LogP contribution in [0.3, 0.4) is 0 Å². The molecule has 0 atom stereocenters. The zero-order chi connectivity index (χ0) is 21.0. The van der Waals surface area contributed by atoms with E-state index in [1.54, 1.807) is 0 Å². The monoisotopic (exact) mass is 455 g/mol. The van der Waals surface area contributed by atoms with Gasteiger partial charge in [0.25, 0.3) is 0 Å². The van der Waals surface area contributed by atoms with Gasteiger partial charge in [-0.25, -0.2) is 4.39 Å². The summed E-state index contributed by atoms with van der Waals surface area (Å²) < 4.78 is 19.7. The maximum Gasteiger partial charge on any atom is 0.165 e. The number of benzene rings is 2. The lowest BCUT2D eigenvalue weighted by atomic mass is 10.2. The number of nitrogens with zero attached hydrogens (tertiary/aromatic N) is 2. The van der Waals surface area contributed by atoms with E-state index < -0.39 is 5.82 Å². The Hall–Kier alpha value is -1.93. The molecule has 2 aromatic carbocycles. The third kappa shape index (κ3) is 5.36. The molecular formula is C20H20Cl2FN3O2S. The van der Waals surface area contributed by atoms with E-state index >= 15 is 0 Å². The van der Waals surface area contributed by atoms with Gasteiger partial charge in [-0.3, -0.25) is 0 Å². The van der Waals surface area contributed by atoms with Gasteiger partial charge in [-0.05, 0) is 38.1 Å². The highest BCUT2D eigenvalue weighted by Crippen LogP contribution is 2.38. The summed E-state index contributed by atoms with van der Waals surface area (Å²) in [6, 6.07) is 8.57. The number of aliphatic hydroxyl groups excluding tert-OH is 1. The molecular weight excluding hydrogens is 436 g/mol. The van der Waals surface area contributed by atoms with E-state index in [0.717, 1.165) is 11.3 Å². The Morgan fingerprint density at radius 3 is 2.59 bits per heavy atom. The van der Waals surface area contributed by atoms with Crippen molar-refractivity contribution in [2.75, 3.05) is 18.5 Å². The maximum atomic E-state index is 14.4. The lowest BCUT2D eigenvalue weighted by molar-refractivity contribution is 0.228. The van der Waals surface area contributed by atoms with Gasteiger partial charge >= 0.3 is 0 Å². The molecule has 0 bridgehead atoms. The first-order valence-corrected chi connectivity index (χ1v) is 10.6. The van der Waals surface area contributed by atoms with Crippen molar-refractivity contribution >= 4 is 40.2 Å². The molecule has 5 nitrogen and oxygen atoms in total. The van der Waals surface area contributed by atoms with Gasteiger partial charge in [-0.2, -0.15) is 0 Å². The number of ether oxygens (including phenoxy) is 1. The van der Waals surface area contributed by atoms with Gasteiger partial charge < -0.3 is 15.2 Å². The van der Waals surface area contributed by atoms with Gasteiger partial charge in [0, 0.05) is 36.3 Å². The molecule has 3 rings (SSSR count). The molecule has 1 heterocycles. The van der Waals surface area contributed by atoms with Crippen molar-refractivity contribution < 1.29 is 14.2 Å². The fourth-order valence-corrected chi connectivity index (χ4v) is 3.98. The van der Waals surface area contributed by atoms with Crippen LogP contribution in [0.2, 0.25) is 10.0 Å². The van der Waals surface area contributed by atoms with Crippen LogP contribution in [0.1, 0.15) is 20.3 Å². The average molecular weight is 456 g/mol. The summed E-state index contributed by atoms with van der Waals surface area (Å²) in [5.41, 5.74) is 2.09. The molecule has 2 N–H and O–H groups in total. The van der Waals surface area contributed by atoms with E-state index in [9.17, 15) is 4.39 Å². The molecule has 0 saturated heterocycles. The van der Waals surface area contributed by atoms with Crippen LogP contribution in [0.5, 0.6) is 5.75 Å². The van der Waals surface area contributed by atoms with E-state index in [-0.39, 0.29) is 25.0 Å². The molecule has 0 aliphatic rings. The zero-order valence-corrected chi connectivity index (χ0v) is 18.2. The fraction of sp³-hybridized carbons (Fsp3) is 0.300. The highest BCUT2D eigenvalue weighted by molar-refractivity contribution is 7.18. The Morgan fingerprint density at radius 1 is 1.14 bits per heavy atom. The number of rotatable bonds is 8. The standard InChI is InChI=1S/C20H20Cl2FN3O2S/c1-11(2)24-17-5-4-12(8-15(17)22)19-25-26-20(29-19)13-9-16(23)18(10-14(13)21)28-7-3-6-27/h4-5,8-11,24,27H,3,6-7H2,1-2H3. The first kappa shape index (κ1) is 21.8. The van der Waals surface area contributed by atoms with Crippen molar-refractivity contribution in [1.29, 1.82) is 0 Å². The number of halogens is 3. The van der Waals surface area contributed by atoms with Crippen LogP contribution in [0.25, 0.3) is 21.1 Å². The molecule has 9 heteroatoms. The second kappa shape index (κ2) is 9.71. The summed E-state index contributed by atoms with van der Waals surface area (Å²) in [5, 5.41) is 22.5. The van der Waals surface area contributed by atoms with Gasteiger partial charge in [-0.1, -0.05) is 34.5 Å². The van der Waals surface area contributed by atoms with Crippen LogP contribution in [0, 0.1) is 5.82 Å². The third-order valence-corrected chi connectivity index (χ3v) is 5.53. The van der Waals surface area contributed by atoms with Crippen molar-refractivity contribution in [3.05, 3.63) is 46.2 Å². The average Bonchev–Trinajstić information content (AvgIpc) is 3.15. The molecule has 0 unspecified atom stereocenters. The predicted molar refractivity (Wildman–Crippen MR) is 117 cm³/mol. The van der Waals surface area contributed by atoms with E-state index in [1.807, 2.05) is 32.0 Å². The molecule has 154 valence electrons. The number of anilines is 1. The Labute approximate surface area is 182 Å². The molecule has 29 heavy (non-hydrogen) atoms. The topological polar surface area (TPSA) is 67.3 Å². The van der Waals surface area contributed by atoms with Gasteiger partial charge in [0.2, 0.25) is 0 Å². The lowest BCUT2D eigenvalue weighted by Crippen LogP contribution is -2.09. The Kier molecular flexibility index (Phi) is 7.29. The zero-order valence-electron chi connectivity index (χ0n) is 15.9. The predicted octanol–water partition coefficient (Wildman–Crippen LogP) is 5.90. The second-order valence-electron chi connectivity index (χ2n) is 6.59. The van der Waals surface area contributed by atoms with Gasteiger partial charge in [0.1, 0.15) is 10.0 Å². The second-order valence-corrected chi connectivity index (χ2v) is 8.39. The van der Waals surface area contributed by atoms with Crippen molar-refractivity contribution in [2.24, 2.45) is 0 Å². The summed E-state index contributed by atoms with van der Waals surface area (Å²) in [5.74, 6) is -0.511. The van der Waals surface area contributed by atoms with Crippen LogP contribution < -0.4 is 10.1 Å². The SMILES string of the molecule is CC(C)Nc1ccc(-c2nnc(-c3cc(F)c(OCCCO)cc3Cl)s2)cc1Cl. The Morgan fingerprint density at radius 2 is 1.90 bits per heavy atom. The van der Waals surface area contributed by atoms with Crippen molar-refractivity contribution in [3.63, 3.8) is 0 Å². The molecule has 0 radical (unpaired) electrons. The highest BCUT2D eigenvalue weighted by Gasteiger charge is 2.16. The molecule has 1 aromatic heterocycles. The molecule has 3 aromatic rings. The summed E-state index contributed by atoms with van der Waals surface area (Å²) in [7, 11) is 0. The summed E-state index contributed by atoms with van der Waals surface area (Å²) in [6.45, 7) is 4.24. The van der Waals surface area contributed by atoms with Crippen molar-refractivity contribution in [3.8, 4) is 26.9 Å². The first-order valence-electron chi connectivity index (χ1n) is 9.02. The summed E-state index contributed by atoms with van der Waals surface area (Å²) in [6.07, 6.45) is 0.409. The van der Waals surface area contributed by atoms with Crippen molar-refractivity contribution in [2.45, 2.75) is 26.3 Å². The quantitative estimate of drug-likeness (QED) is 0.413. The van der Waals surface area contributed by atoms with Gasteiger partial charge in [0.05, 0.1) is 22.3 Å². The van der Waals surface area contributed by atoms with E-state index in [2.05, 4.69) is 15.5 Å². The van der Waals surface area contributed by atoms with E-state index in [1.165, 1.54) is 23.5 Å². The number of aliphatic hydroxyl groups is 1. The number of hydrogen-bond acceptors (Lipinski definition) is 6. The molecule has 0 aliphatic carbocycles. The number of hydrogen-bond donors (Lipinski definition) is 2. The van der Waals surface area contributed by atoms with Gasteiger partial charge in [0.15, 0.2) is 11.6 Å². The Balaban J connectivity index is 1.84. The normalized spacial score (nSPS) is 11.1. The smallest absolute Gasteiger partial charge is 0.165 e. The molecule has 0 aliphatic heterocycles. The number of aromatic nitrogens is 2. The largest absolute Gasteiger partial charge is 0.490 e. The fourth-order valence-electron chi connectivity index (χ4n) is 2.57. The number of nitrogens with one attached hydrogen (secondary N) is 1. The van der Waals surface area contributed by atoms with Crippen LogP contribution in [-0.2, 0) is 0 Å². The lowest BCUT2D eigenvalue weighted by Gasteiger charge is -2.12. The van der Waals surface area contributed by atoms with Crippen molar-refractivity contribution in [1.82, 2.24) is 10.2 Å². The van der Waals surface area contributed by atoms with Crippen LogP contribution in [-0.4, -0.2) is 34.6 Å². The van der Waals surface area contributed by atoms with E-state index in [0.29, 0.717) is 32.0 Å². The highest BCUT2D eigenvalue weighted by atomic mass is 35.5. The minimum absolute atomic E-state index is 0.0282. The minimum atomic E-state index is -0.550. The van der Waals surface area contributed by atoms with Crippen LogP contribution >= 0.6 is 34.5 Å². The third-order valence-electron chi connectivity index (χ3n) is 3.90. The first-order chi connectivity index (χ1) is 13.9. The molecule has 0 saturated carbocycles. The molecule has 0 fully saturated rings. The van der Waals surface area contributed by atoms with Crippen LogP contribution in [0.4, 0.5) is 10.1 Å².